The molecule has 1 aromatic carbocycles. The fraction of sp³-hybridized carbons (Fsp3) is 0.353. The van der Waals surface area contributed by atoms with Gasteiger partial charge in [-0.15, -0.1) is 0 Å². The highest BCUT2D eigenvalue weighted by Crippen LogP contribution is 2.10. The van der Waals surface area contributed by atoms with Crippen molar-refractivity contribution in [2.24, 2.45) is 5.16 Å². The van der Waals surface area contributed by atoms with Gasteiger partial charge in [-0.3, -0.25) is 4.79 Å². The van der Waals surface area contributed by atoms with Gasteiger partial charge in [-0.1, -0.05) is 23.4 Å². The van der Waals surface area contributed by atoms with Gasteiger partial charge >= 0.3 is 12.0 Å². The van der Waals surface area contributed by atoms with Crippen molar-refractivity contribution in [3.05, 3.63) is 42.0 Å². The Morgan fingerprint density at radius 2 is 1.96 bits per heavy atom. The molecule has 0 unspecified atom stereocenters. The quantitative estimate of drug-likeness (QED) is 0.252. The van der Waals surface area contributed by atoms with Crippen LogP contribution in [-0.2, 0) is 14.4 Å². The first-order valence-electron chi connectivity index (χ1n) is 7.65. The molecule has 0 saturated heterocycles. The Balaban J connectivity index is 2.49. The summed E-state index contributed by atoms with van der Waals surface area (Å²) in [6, 6.07) is 6.64. The van der Waals surface area contributed by atoms with Crippen molar-refractivity contribution < 1.29 is 19.2 Å². The zero-order valence-electron chi connectivity index (χ0n) is 14.2. The minimum atomic E-state index is -0.479. The Bertz CT molecular complexity index is 594. The summed E-state index contributed by atoms with van der Waals surface area (Å²) in [6.45, 7) is 5.99. The predicted molar refractivity (Wildman–Crippen MR) is 93.1 cm³/mol. The molecular weight excluding hydrogens is 310 g/mol. The number of anilines is 1. The second kappa shape index (κ2) is 10.8. The van der Waals surface area contributed by atoms with E-state index in [4.69, 9.17) is 9.57 Å². The molecule has 0 radical (unpaired) electrons. The molecule has 0 saturated carbocycles. The van der Waals surface area contributed by atoms with Crippen LogP contribution in [0.4, 0.5) is 10.5 Å². The van der Waals surface area contributed by atoms with Crippen LogP contribution < -0.4 is 10.6 Å². The summed E-state index contributed by atoms with van der Waals surface area (Å²) in [6.07, 6.45) is 3.75. The normalized spacial score (nSPS) is 11.2. The Labute approximate surface area is 141 Å². The largest absolute Gasteiger partial charge is 0.465 e. The molecule has 2 N–H and O–H groups in total. The lowest BCUT2D eigenvalue weighted by molar-refractivity contribution is -0.141. The van der Waals surface area contributed by atoms with Gasteiger partial charge in [-0.2, -0.15) is 0 Å². The highest BCUT2D eigenvalue weighted by molar-refractivity contribution is 5.99. The number of nitrogens with one attached hydrogen (secondary N) is 2. The number of oxime groups is 1. The number of allylic oxidation sites excluding steroid dienone is 1. The van der Waals surface area contributed by atoms with Crippen molar-refractivity contribution in [2.75, 3.05) is 25.1 Å². The van der Waals surface area contributed by atoms with Crippen LogP contribution in [0.15, 0.2) is 41.6 Å². The zero-order valence-corrected chi connectivity index (χ0v) is 14.2. The Kier molecular flexibility index (Phi) is 8.67. The van der Waals surface area contributed by atoms with Gasteiger partial charge in [0.2, 0.25) is 0 Å². The second-order valence-corrected chi connectivity index (χ2v) is 4.73. The zero-order chi connectivity index (χ0) is 17.8. The highest BCUT2D eigenvalue weighted by atomic mass is 16.6. The van der Waals surface area contributed by atoms with Crippen molar-refractivity contribution in [1.29, 1.82) is 0 Å². The molecule has 0 bridgehead atoms. The summed E-state index contributed by atoms with van der Waals surface area (Å²) in [4.78, 5) is 28.0. The molecule has 0 aliphatic carbocycles. The third-order valence-corrected chi connectivity index (χ3v) is 2.87. The molecule has 7 nitrogen and oxygen atoms in total. The lowest BCUT2D eigenvalue weighted by Gasteiger charge is -2.08. The van der Waals surface area contributed by atoms with Gasteiger partial charge in [0.05, 0.1) is 12.3 Å². The van der Waals surface area contributed by atoms with Crippen LogP contribution in [0, 0.1) is 0 Å². The number of nitrogens with zero attached hydrogens (tertiary/aromatic N) is 1. The number of amides is 2. The number of urea groups is 1. The Hall–Kier alpha value is -2.83. The molecule has 24 heavy (non-hydrogen) atoms. The van der Waals surface area contributed by atoms with Gasteiger partial charge < -0.3 is 20.2 Å². The third-order valence-electron chi connectivity index (χ3n) is 2.87. The summed E-state index contributed by atoms with van der Waals surface area (Å²) in [5, 5.41) is 9.05. The number of benzene rings is 1. The van der Waals surface area contributed by atoms with Crippen LogP contribution in [0.5, 0.6) is 0 Å². The summed E-state index contributed by atoms with van der Waals surface area (Å²) in [7, 11) is 0. The lowest BCUT2D eigenvalue weighted by atomic mass is 10.1. The van der Waals surface area contributed by atoms with Crippen LogP contribution in [0.3, 0.4) is 0 Å². The number of hydrogen-bond acceptors (Lipinski definition) is 5. The van der Waals surface area contributed by atoms with Gasteiger partial charge in [-0.25, -0.2) is 4.79 Å². The van der Waals surface area contributed by atoms with E-state index in [1.807, 2.05) is 38.1 Å². The summed E-state index contributed by atoms with van der Waals surface area (Å²) >= 11 is 0. The predicted octanol–water partition coefficient (Wildman–Crippen LogP) is 2.69. The maximum atomic E-state index is 11.7. The molecule has 0 fully saturated rings. The molecule has 1 rings (SSSR count). The third kappa shape index (κ3) is 7.44. The molecule has 7 heteroatoms. The van der Waals surface area contributed by atoms with Crippen LogP contribution in [0.25, 0.3) is 0 Å². The minimum Gasteiger partial charge on any atom is -0.465 e. The van der Waals surface area contributed by atoms with E-state index in [-0.39, 0.29) is 13.2 Å². The molecule has 130 valence electrons. The molecular formula is C17H23N3O4. The number of carbonyl (C=O) groups excluding carboxylic acids is 2. The fourth-order valence-electron chi connectivity index (χ4n) is 1.66. The lowest BCUT2D eigenvalue weighted by Crippen LogP contribution is -2.34. The molecule has 0 heterocycles. The number of carbonyl (C=O) groups is 2. The second-order valence-electron chi connectivity index (χ2n) is 4.73. The van der Waals surface area contributed by atoms with Crippen LogP contribution in [0.1, 0.15) is 26.3 Å². The molecule has 2 amide bonds. The average molecular weight is 333 g/mol. The van der Waals surface area contributed by atoms with Gasteiger partial charge in [0.25, 0.3) is 0 Å². The van der Waals surface area contributed by atoms with E-state index < -0.39 is 12.0 Å². The van der Waals surface area contributed by atoms with Crippen LogP contribution >= 0.6 is 0 Å². The molecule has 0 atom stereocenters. The maximum absolute atomic E-state index is 11.7. The first-order valence-corrected chi connectivity index (χ1v) is 7.65. The van der Waals surface area contributed by atoms with E-state index in [1.165, 1.54) is 0 Å². The topological polar surface area (TPSA) is 89.0 Å². The number of ether oxygens (including phenoxy) is 1. The van der Waals surface area contributed by atoms with E-state index in [9.17, 15) is 9.59 Å². The molecule has 0 aliphatic rings. The van der Waals surface area contributed by atoms with E-state index in [1.54, 1.807) is 19.1 Å². The van der Waals surface area contributed by atoms with Gasteiger partial charge in [0.15, 0.2) is 0 Å². The summed E-state index contributed by atoms with van der Waals surface area (Å²) in [5.41, 5.74) is 2.22. The molecule has 0 aliphatic heterocycles. The number of hydrogen-bond donors (Lipinski definition) is 2. The van der Waals surface area contributed by atoms with Crippen LogP contribution in [0.2, 0.25) is 0 Å². The molecule has 0 spiro atoms. The van der Waals surface area contributed by atoms with Gasteiger partial charge in [0.1, 0.15) is 13.2 Å². The fourth-order valence-corrected chi connectivity index (χ4v) is 1.66. The van der Waals surface area contributed by atoms with E-state index in [0.29, 0.717) is 12.3 Å². The van der Waals surface area contributed by atoms with Crippen molar-refractivity contribution in [3.63, 3.8) is 0 Å². The summed E-state index contributed by atoms with van der Waals surface area (Å²) < 4.78 is 4.72. The van der Waals surface area contributed by atoms with E-state index in [0.717, 1.165) is 11.3 Å². The first-order chi connectivity index (χ1) is 11.6. The number of rotatable bonds is 8. The van der Waals surface area contributed by atoms with Crippen molar-refractivity contribution in [2.45, 2.75) is 20.8 Å². The standard InChI is InChI=1S/C17H23N3O4/c1-4-6-11-24-20-13(3)14-7-9-15(10-8-14)19-17(22)18-12-16(21)23-5-2/h4,6-10H,5,11-12H2,1-3H3,(H2,18,19,22)/b6-4+,20-13?. The smallest absolute Gasteiger partial charge is 0.325 e. The minimum absolute atomic E-state index is 0.174. The van der Waals surface area contributed by atoms with Crippen molar-refractivity contribution >= 4 is 23.4 Å². The maximum Gasteiger partial charge on any atom is 0.325 e. The van der Waals surface area contributed by atoms with E-state index >= 15 is 0 Å². The average Bonchev–Trinajstić information content (AvgIpc) is 2.58. The van der Waals surface area contributed by atoms with Crippen molar-refractivity contribution in [1.82, 2.24) is 5.32 Å². The summed E-state index contributed by atoms with van der Waals surface area (Å²) in [5.74, 6) is -0.479. The van der Waals surface area contributed by atoms with Gasteiger partial charge in [-0.05, 0) is 44.5 Å². The highest BCUT2D eigenvalue weighted by Gasteiger charge is 2.06. The first kappa shape index (κ1) is 19.2. The SMILES string of the molecule is C/C=C/CON=C(C)c1ccc(NC(=O)NCC(=O)OCC)cc1. The van der Waals surface area contributed by atoms with Gasteiger partial charge in [0, 0.05) is 5.69 Å². The number of esters is 1. The van der Waals surface area contributed by atoms with Crippen LogP contribution in [-0.4, -0.2) is 37.5 Å². The molecule has 1 aromatic rings. The van der Waals surface area contributed by atoms with Crippen molar-refractivity contribution in [3.8, 4) is 0 Å². The van der Waals surface area contributed by atoms with E-state index in [2.05, 4.69) is 15.8 Å². The monoisotopic (exact) mass is 333 g/mol. The molecule has 0 aromatic heterocycles. The Morgan fingerprint density at radius 3 is 2.58 bits per heavy atom. The Morgan fingerprint density at radius 1 is 1.25 bits per heavy atom.